The molecule has 3 aromatic rings. The molecular weight excluding hydrogens is 407 g/mol. The third-order valence-electron chi connectivity index (χ3n) is 5.43. The summed E-state index contributed by atoms with van der Waals surface area (Å²) < 4.78 is 18.8. The van der Waals surface area contributed by atoms with Gasteiger partial charge in [-0.2, -0.15) is 0 Å². The number of nitrogens with one attached hydrogen (secondary N) is 1. The van der Waals surface area contributed by atoms with E-state index in [9.17, 15) is 14.0 Å². The lowest BCUT2D eigenvalue weighted by Crippen LogP contribution is -2.38. The molecule has 5 nitrogen and oxygen atoms in total. The molecule has 0 atom stereocenters. The summed E-state index contributed by atoms with van der Waals surface area (Å²) in [6, 6.07) is 18.8. The third-order valence-corrected chi connectivity index (χ3v) is 5.43. The van der Waals surface area contributed by atoms with Crippen LogP contribution in [0.2, 0.25) is 0 Å². The number of ether oxygens (including phenoxy) is 1. The Hall–Kier alpha value is -3.67. The highest BCUT2D eigenvalue weighted by Crippen LogP contribution is 2.35. The zero-order valence-electron chi connectivity index (χ0n) is 18.3. The van der Waals surface area contributed by atoms with Gasteiger partial charge >= 0.3 is 0 Å². The Balaban J connectivity index is 1.51. The molecule has 4 rings (SSSR count). The van der Waals surface area contributed by atoms with E-state index < -0.39 is 0 Å². The van der Waals surface area contributed by atoms with Crippen molar-refractivity contribution in [3.63, 3.8) is 0 Å². The van der Waals surface area contributed by atoms with Gasteiger partial charge in [-0.05, 0) is 52.9 Å². The zero-order valence-corrected chi connectivity index (χ0v) is 18.3. The Morgan fingerprint density at radius 3 is 2.38 bits per heavy atom. The molecule has 6 heteroatoms. The summed E-state index contributed by atoms with van der Waals surface area (Å²) in [7, 11) is 0. The number of amides is 2. The molecule has 0 fully saturated rings. The van der Waals surface area contributed by atoms with Crippen molar-refractivity contribution in [3.05, 3.63) is 89.2 Å². The van der Waals surface area contributed by atoms with E-state index in [1.165, 1.54) is 12.1 Å². The van der Waals surface area contributed by atoms with Crippen LogP contribution in [-0.4, -0.2) is 18.4 Å². The SMILES string of the molecule is CC(C)(C)c1ccc(C(=O)Nc2ccc3c(c2)OCC(=O)N3Cc2ccc(F)cc2)cc1. The summed E-state index contributed by atoms with van der Waals surface area (Å²) in [5.41, 5.74) is 3.72. The maximum absolute atomic E-state index is 13.2. The molecule has 164 valence electrons. The van der Waals surface area contributed by atoms with E-state index in [0.717, 1.165) is 11.1 Å². The van der Waals surface area contributed by atoms with Crippen molar-refractivity contribution in [1.29, 1.82) is 0 Å². The van der Waals surface area contributed by atoms with Gasteiger partial charge in [0.25, 0.3) is 11.8 Å². The van der Waals surface area contributed by atoms with Crippen LogP contribution in [0.4, 0.5) is 15.8 Å². The predicted molar refractivity (Wildman–Crippen MR) is 123 cm³/mol. The molecule has 0 radical (unpaired) electrons. The first-order valence-corrected chi connectivity index (χ1v) is 10.4. The lowest BCUT2D eigenvalue weighted by Gasteiger charge is -2.29. The van der Waals surface area contributed by atoms with Gasteiger partial charge in [-0.1, -0.05) is 45.0 Å². The molecule has 3 aromatic carbocycles. The van der Waals surface area contributed by atoms with Crippen molar-refractivity contribution < 1.29 is 18.7 Å². The van der Waals surface area contributed by atoms with Gasteiger partial charge in [-0.15, -0.1) is 0 Å². The van der Waals surface area contributed by atoms with E-state index in [2.05, 4.69) is 26.1 Å². The Morgan fingerprint density at radius 1 is 1.03 bits per heavy atom. The first-order chi connectivity index (χ1) is 15.2. The van der Waals surface area contributed by atoms with Gasteiger partial charge in [0.05, 0.1) is 12.2 Å². The average molecular weight is 432 g/mol. The molecule has 2 amide bonds. The van der Waals surface area contributed by atoms with Crippen molar-refractivity contribution in [1.82, 2.24) is 0 Å². The van der Waals surface area contributed by atoms with Gasteiger partial charge in [-0.3, -0.25) is 9.59 Å². The molecular formula is C26H25FN2O3. The third kappa shape index (κ3) is 4.64. The second-order valence-corrected chi connectivity index (χ2v) is 8.86. The molecule has 32 heavy (non-hydrogen) atoms. The van der Waals surface area contributed by atoms with Crippen molar-refractivity contribution in [3.8, 4) is 5.75 Å². The largest absolute Gasteiger partial charge is 0.481 e. The summed E-state index contributed by atoms with van der Waals surface area (Å²) in [6.45, 7) is 6.58. The lowest BCUT2D eigenvalue weighted by atomic mass is 9.87. The van der Waals surface area contributed by atoms with Crippen LogP contribution in [0.5, 0.6) is 5.75 Å². The Morgan fingerprint density at radius 2 is 1.72 bits per heavy atom. The first kappa shape index (κ1) is 21.6. The van der Waals surface area contributed by atoms with Gasteiger partial charge < -0.3 is 15.0 Å². The Kier molecular flexibility index (Phi) is 5.70. The number of hydrogen-bond donors (Lipinski definition) is 1. The normalized spacial score (nSPS) is 13.4. The van der Waals surface area contributed by atoms with E-state index in [1.807, 2.05) is 24.3 Å². The van der Waals surface area contributed by atoms with E-state index in [1.54, 1.807) is 35.2 Å². The number of hydrogen-bond acceptors (Lipinski definition) is 3. The van der Waals surface area contributed by atoms with E-state index in [0.29, 0.717) is 29.2 Å². The van der Waals surface area contributed by atoms with E-state index in [-0.39, 0.29) is 29.7 Å². The van der Waals surface area contributed by atoms with Crippen molar-refractivity contribution >= 4 is 23.2 Å². The molecule has 0 saturated heterocycles. The van der Waals surface area contributed by atoms with Crippen LogP contribution in [0.25, 0.3) is 0 Å². The van der Waals surface area contributed by atoms with Gasteiger partial charge in [0, 0.05) is 17.3 Å². The second-order valence-electron chi connectivity index (χ2n) is 8.86. The Bertz CT molecular complexity index is 1150. The summed E-state index contributed by atoms with van der Waals surface area (Å²) in [4.78, 5) is 26.7. The molecule has 1 aliphatic heterocycles. The quantitative estimate of drug-likeness (QED) is 0.609. The molecule has 0 aliphatic carbocycles. The number of carbonyl (C=O) groups is 2. The lowest BCUT2D eigenvalue weighted by molar-refractivity contribution is -0.121. The van der Waals surface area contributed by atoms with E-state index in [4.69, 9.17) is 4.74 Å². The minimum Gasteiger partial charge on any atom is -0.481 e. The van der Waals surface area contributed by atoms with Gasteiger partial charge in [0.1, 0.15) is 11.6 Å². The summed E-state index contributed by atoms with van der Waals surface area (Å²) >= 11 is 0. The second kappa shape index (κ2) is 8.46. The fourth-order valence-corrected chi connectivity index (χ4v) is 3.55. The fraction of sp³-hybridized carbons (Fsp3) is 0.231. The maximum Gasteiger partial charge on any atom is 0.265 e. The van der Waals surface area contributed by atoms with Crippen LogP contribution in [0.15, 0.2) is 66.7 Å². The molecule has 0 saturated carbocycles. The topological polar surface area (TPSA) is 58.6 Å². The van der Waals surface area contributed by atoms with Gasteiger partial charge in [-0.25, -0.2) is 4.39 Å². The van der Waals surface area contributed by atoms with Crippen molar-refractivity contribution in [2.24, 2.45) is 0 Å². The predicted octanol–water partition coefficient (Wildman–Crippen LogP) is 5.30. The highest BCUT2D eigenvalue weighted by molar-refractivity contribution is 6.05. The molecule has 0 aromatic heterocycles. The monoisotopic (exact) mass is 432 g/mol. The smallest absolute Gasteiger partial charge is 0.265 e. The number of fused-ring (bicyclic) bond motifs is 1. The summed E-state index contributed by atoms with van der Waals surface area (Å²) in [6.07, 6.45) is 0. The standard InChI is InChI=1S/C26H25FN2O3/c1-26(2,3)19-8-6-18(7-9-19)25(31)28-21-12-13-22-23(14-21)32-16-24(30)29(22)15-17-4-10-20(27)11-5-17/h4-14H,15-16H2,1-3H3,(H,28,31). The van der Waals surface area contributed by atoms with Crippen LogP contribution >= 0.6 is 0 Å². The minimum absolute atomic E-state index is 0.0159. The van der Waals surface area contributed by atoms with Crippen molar-refractivity contribution in [2.75, 3.05) is 16.8 Å². The molecule has 1 heterocycles. The number of halogens is 1. The highest BCUT2D eigenvalue weighted by atomic mass is 19.1. The molecule has 0 unspecified atom stereocenters. The number of benzene rings is 3. The number of anilines is 2. The first-order valence-electron chi connectivity index (χ1n) is 10.4. The fourth-order valence-electron chi connectivity index (χ4n) is 3.55. The van der Waals surface area contributed by atoms with Crippen LogP contribution in [0.3, 0.4) is 0 Å². The van der Waals surface area contributed by atoms with Crippen LogP contribution in [0, 0.1) is 5.82 Å². The average Bonchev–Trinajstić information content (AvgIpc) is 2.76. The summed E-state index contributed by atoms with van der Waals surface area (Å²) in [5, 5.41) is 2.88. The van der Waals surface area contributed by atoms with Gasteiger partial charge in [0.15, 0.2) is 6.61 Å². The van der Waals surface area contributed by atoms with Crippen molar-refractivity contribution in [2.45, 2.75) is 32.7 Å². The van der Waals surface area contributed by atoms with Gasteiger partial charge in [0.2, 0.25) is 0 Å². The molecule has 0 bridgehead atoms. The number of rotatable bonds is 4. The van der Waals surface area contributed by atoms with Crippen LogP contribution in [-0.2, 0) is 16.8 Å². The number of carbonyl (C=O) groups excluding carboxylic acids is 2. The minimum atomic E-state index is -0.323. The van der Waals surface area contributed by atoms with Crippen LogP contribution < -0.4 is 15.0 Å². The maximum atomic E-state index is 13.2. The molecule has 1 N–H and O–H groups in total. The van der Waals surface area contributed by atoms with E-state index >= 15 is 0 Å². The highest BCUT2D eigenvalue weighted by Gasteiger charge is 2.26. The number of nitrogens with zero attached hydrogens (tertiary/aromatic N) is 1. The molecule has 0 spiro atoms. The zero-order chi connectivity index (χ0) is 22.9. The Labute approximate surface area is 186 Å². The molecule has 1 aliphatic rings. The van der Waals surface area contributed by atoms with Crippen LogP contribution in [0.1, 0.15) is 42.3 Å². The summed E-state index contributed by atoms with van der Waals surface area (Å²) in [5.74, 6) is -0.221.